The maximum Gasteiger partial charge on any atom is 4.00 e. The quantitative estimate of drug-likeness (QED) is 0.593. The number of nitrogens with zero attached hydrogens (tertiary/aromatic N) is 2. The molecular formula is C20H32N2Zr. The van der Waals surface area contributed by atoms with Crippen LogP contribution in [0.15, 0.2) is 30.3 Å². The molecule has 2 rings (SSSR count). The van der Waals surface area contributed by atoms with Gasteiger partial charge in [-0.25, -0.2) is 0 Å². The molecule has 1 fully saturated rings. The van der Waals surface area contributed by atoms with Gasteiger partial charge >= 0.3 is 26.2 Å². The molecule has 1 aliphatic rings. The summed E-state index contributed by atoms with van der Waals surface area (Å²) in [4.78, 5) is 0. The van der Waals surface area contributed by atoms with E-state index in [1.165, 1.54) is 12.8 Å². The molecule has 1 aliphatic carbocycles. The van der Waals surface area contributed by atoms with Gasteiger partial charge in [-0.15, -0.1) is 17.7 Å². The second kappa shape index (κ2) is 11.4. The first-order chi connectivity index (χ1) is 10.3. The fourth-order valence-corrected chi connectivity index (χ4v) is 2.74. The molecule has 0 amide bonds. The molecule has 0 N–H and O–H groups in total. The Kier molecular flexibility index (Phi) is 11.4. The molecule has 2 nitrogen and oxygen atoms in total. The largest absolute Gasteiger partial charge is 4.00 e. The average Bonchev–Trinajstić information content (AvgIpc) is 2.79. The van der Waals surface area contributed by atoms with Crippen molar-refractivity contribution < 1.29 is 26.2 Å². The van der Waals surface area contributed by atoms with Gasteiger partial charge in [-0.05, 0) is 0 Å². The number of rotatable bonds is 4. The first-order valence-corrected chi connectivity index (χ1v) is 8.28. The van der Waals surface area contributed by atoms with E-state index in [0.717, 1.165) is 30.5 Å². The third-order valence-corrected chi connectivity index (χ3v) is 4.18. The number of hydrogen-bond donors (Lipinski definition) is 0. The summed E-state index contributed by atoms with van der Waals surface area (Å²) in [6.07, 6.45) is 2.62. The Balaban J connectivity index is 0.000000509. The summed E-state index contributed by atoms with van der Waals surface area (Å²) < 4.78 is 0. The monoisotopic (exact) mass is 390 g/mol. The Morgan fingerprint density at radius 1 is 1.09 bits per heavy atom. The topological polar surface area (TPSA) is 28.2 Å². The van der Waals surface area contributed by atoms with E-state index in [4.69, 9.17) is 5.32 Å². The van der Waals surface area contributed by atoms with Crippen LogP contribution in [0.1, 0.15) is 46.1 Å². The number of benzene rings is 1. The van der Waals surface area contributed by atoms with E-state index in [2.05, 4.69) is 39.9 Å². The van der Waals surface area contributed by atoms with Crippen LogP contribution < -0.4 is 0 Å². The molecular weight excluding hydrogens is 359 g/mol. The predicted molar refractivity (Wildman–Crippen MR) is 98.2 cm³/mol. The molecule has 0 spiro atoms. The number of hydrogen-bond acceptors (Lipinski definition) is 0. The Bertz CT molecular complexity index is 400. The molecule has 2 unspecified atom stereocenters. The first kappa shape index (κ1) is 22.9. The Hall–Kier alpha value is -0.107. The van der Waals surface area contributed by atoms with Gasteiger partial charge in [0.15, 0.2) is 0 Å². The smallest absolute Gasteiger partial charge is 0.667 e. The molecule has 1 aromatic rings. The minimum atomic E-state index is 0. The molecule has 2 atom stereocenters. The first-order valence-electron chi connectivity index (χ1n) is 8.28. The molecule has 0 radical (unpaired) electrons. The Labute approximate surface area is 163 Å². The van der Waals surface area contributed by atoms with Gasteiger partial charge in [0.2, 0.25) is 0 Å². The fraction of sp³-hybridized carbons (Fsp3) is 0.600. The molecule has 1 saturated carbocycles. The predicted octanol–water partition coefficient (Wildman–Crippen LogP) is 5.65. The van der Waals surface area contributed by atoms with Crippen molar-refractivity contribution in [2.45, 2.75) is 46.1 Å². The standard InChI is InChI=1S/C13H25N2.C7H7.Zr/c1-10-11(8-14-5)6-7-12(10)9-15-13(2,3)4;1-7-5-3-2-4-6-7;/h11-12H,6-9H2,1-5H3;2-6H,1H2;/q-3;-1;+4. The maximum atomic E-state index is 4.73. The van der Waals surface area contributed by atoms with Gasteiger partial charge in [0, 0.05) is 0 Å². The van der Waals surface area contributed by atoms with Crippen LogP contribution in [0, 0.1) is 24.7 Å². The maximum absolute atomic E-state index is 4.73. The van der Waals surface area contributed by atoms with Crippen LogP contribution in [-0.4, -0.2) is 25.7 Å². The molecule has 0 saturated heterocycles. The third-order valence-electron chi connectivity index (χ3n) is 4.18. The minimum Gasteiger partial charge on any atom is -0.667 e. The van der Waals surface area contributed by atoms with Gasteiger partial charge in [-0.3, -0.25) is 0 Å². The second-order valence-corrected chi connectivity index (χ2v) is 7.21. The van der Waals surface area contributed by atoms with Gasteiger partial charge in [-0.2, -0.15) is 63.5 Å². The Morgan fingerprint density at radius 2 is 1.61 bits per heavy atom. The molecule has 0 aliphatic heterocycles. The van der Waals surface area contributed by atoms with E-state index in [-0.39, 0.29) is 31.7 Å². The van der Waals surface area contributed by atoms with Crippen LogP contribution in [0.2, 0.25) is 0 Å². The van der Waals surface area contributed by atoms with Crippen LogP contribution in [0.25, 0.3) is 10.6 Å². The van der Waals surface area contributed by atoms with Crippen molar-refractivity contribution in [1.82, 2.24) is 0 Å². The summed E-state index contributed by atoms with van der Waals surface area (Å²) in [6.45, 7) is 14.6. The van der Waals surface area contributed by atoms with E-state index in [0.29, 0.717) is 0 Å². The molecule has 3 heteroatoms. The minimum absolute atomic E-state index is 0. The van der Waals surface area contributed by atoms with Crippen molar-refractivity contribution in [1.29, 1.82) is 0 Å². The van der Waals surface area contributed by atoms with E-state index < -0.39 is 0 Å². The Morgan fingerprint density at radius 3 is 2.00 bits per heavy atom. The van der Waals surface area contributed by atoms with E-state index >= 15 is 0 Å². The van der Waals surface area contributed by atoms with Crippen molar-refractivity contribution in [3.05, 3.63) is 59.4 Å². The van der Waals surface area contributed by atoms with Crippen LogP contribution in [-0.2, 0) is 26.2 Å². The van der Waals surface area contributed by atoms with Gasteiger partial charge in [-0.1, -0.05) is 39.7 Å². The van der Waals surface area contributed by atoms with Crippen LogP contribution in [0.3, 0.4) is 0 Å². The van der Waals surface area contributed by atoms with Crippen molar-refractivity contribution >= 4 is 0 Å². The molecule has 23 heavy (non-hydrogen) atoms. The summed E-state index contributed by atoms with van der Waals surface area (Å²) >= 11 is 0. The molecule has 126 valence electrons. The van der Waals surface area contributed by atoms with Gasteiger partial charge in [0.1, 0.15) is 0 Å². The molecule has 0 aromatic heterocycles. The van der Waals surface area contributed by atoms with Crippen molar-refractivity contribution in [2.24, 2.45) is 11.8 Å². The normalized spacial score (nSPS) is 21.3. The molecule has 0 bridgehead atoms. The van der Waals surface area contributed by atoms with Crippen LogP contribution in [0.5, 0.6) is 0 Å². The fourth-order valence-electron chi connectivity index (χ4n) is 2.74. The third kappa shape index (κ3) is 9.70. The van der Waals surface area contributed by atoms with Crippen molar-refractivity contribution in [3.63, 3.8) is 0 Å². The van der Waals surface area contributed by atoms with E-state index in [1.54, 1.807) is 5.92 Å². The zero-order chi connectivity index (χ0) is 16.6. The SMILES string of the molecule is C[N-]CC1CCC(C[N-]C(C)(C)C)[C-]1C.[CH2-]c1ccccc1.[Zr+4]. The van der Waals surface area contributed by atoms with Crippen molar-refractivity contribution in [2.75, 3.05) is 20.1 Å². The van der Waals surface area contributed by atoms with Crippen molar-refractivity contribution in [3.8, 4) is 0 Å². The van der Waals surface area contributed by atoms with Gasteiger partial charge in [0.05, 0.1) is 0 Å². The second-order valence-electron chi connectivity index (χ2n) is 7.21. The average molecular weight is 392 g/mol. The van der Waals surface area contributed by atoms with Gasteiger partial charge in [0.25, 0.3) is 0 Å². The van der Waals surface area contributed by atoms with Crippen LogP contribution in [0.4, 0.5) is 0 Å². The summed E-state index contributed by atoms with van der Waals surface area (Å²) in [5.41, 5.74) is 1.19. The summed E-state index contributed by atoms with van der Waals surface area (Å²) in [7, 11) is 1.92. The zero-order valence-electron chi connectivity index (χ0n) is 15.5. The summed E-state index contributed by atoms with van der Waals surface area (Å²) in [5, 5.41) is 8.99. The summed E-state index contributed by atoms with van der Waals surface area (Å²) in [6, 6.07) is 9.87. The van der Waals surface area contributed by atoms with Crippen LogP contribution >= 0.6 is 0 Å². The van der Waals surface area contributed by atoms with E-state index in [1.807, 2.05) is 37.4 Å². The molecule has 1 aromatic carbocycles. The molecule has 0 heterocycles. The zero-order valence-corrected chi connectivity index (χ0v) is 17.9. The van der Waals surface area contributed by atoms with Gasteiger partial charge < -0.3 is 16.6 Å². The van der Waals surface area contributed by atoms with E-state index in [9.17, 15) is 0 Å². The summed E-state index contributed by atoms with van der Waals surface area (Å²) in [5.74, 6) is 3.08.